The summed E-state index contributed by atoms with van der Waals surface area (Å²) < 4.78 is 0. The van der Waals surface area contributed by atoms with Gasteiger partial charge in [-0.1, -0.05) is 6.07 Å². The molecule has 1 aromatic rings. The molecule has 16 heavy (non-hydrogen) atoms. The van der Waals surface area contributed by atoms with Crippen LogP contribution in [-0.2, 0) is 10.2 Å². The zero-order valence-electron chi connectivity index (χ0n) is 9.73. The quantitative estimate of drug-likeness (QED) is 0.721. The van der Waals surface area contributed by atoms with Gasteiger partial charge in [0.25, 0.3) is 0 Å². The predicted molar refractivity (Wildman–Crippen MR) is 62.4 cm³/mol. The van der Waals surface area contributed by atoms with Crippen LogP contribution in [-0.4, -0.2) is 16.9 Å². The standard InChI is InChI=1S/C13H16N2O/c1-13(2)10-7-4-8-14-11(10)15(12(13)16)9-5-3-6-9/h4,7-9H,3,5-6H2,1-2H3. The summed E-state index contributed by atoms with van der Waals surface area (Å²) in [6.45, 7) is 3.99. The molecule has 1 aromatic heterocycles. The monoisotopic (exact) mass is 216 g/mol. The summed E-state index contributed by atoms with van der Waals surface area (Å²) in [5, 5.41) is 0. The van der Waals surface area contributed by atoms with Crippen LogP contribution in [0, 0.1) is 0 Å². The summed E-state index contributed by atoms with van der Waals surface area (Å²) in [6.07, 6.45) is 5.26. The van der Waals surface area contributed by atoms with Crippen LogP contribution in [0.4, 0.5) is 5.82 Å². The van der Waals surface area contributed by atoms with Gasteiger partial charge >= 0.3 is 0 Å². The summed E-state index contributed by atoms with van der Waals surface area (Å²) in [5.41, 5.74) is 0.672. The summed E-state index contributed by atoms with van der Waals surface area (Å²) in [7, 11) is 0. The van der Waals surface area contributed by atoms with Crippen molar-refractivity contribution in [1.82, 2.24) is 4.98 Å². The first-order chi connectivity index (χ1) is 7.62. The summed E-state index contributed by atoms with van der Waals surface area (Å²) in [4.78, 5) is 18.7. The van der Waals surface area contributed by atoms with Crippen molar-refractivity contribution in [2.24, 2.45) is 0 Å². The van der Waals surface area contributed by atoms with E-state index in [0.717, 1.165) is 24.2 Å². The van der Waals surface area contributed by atoms with Crippen molar-refractivity contribution in [2.75, 3.05) is 4.90 Å². The number of anilines is 1. The number of nitrogens with zero attached hydrogens (tertiary/aromatic N) is 2. The van der Waals surface area contributed by atoms with Crippen molar-refractivity contribution in [2.45, 2.75) is 44.6 Å². The van der Waals surface area contributed by atoms with E-state index in [4.69, 9.17) is 0 Å². The van der Waals surface area contributed by atoms with Crippen molar-refractivity contribution in [3.05, 3.63) is 23.9 Å². The molecule has 1 saturated carbocycles. The van der Waals surface area contributed by atoms with Crippen LogP contribution in [0.15, 0.2) is 18.3 Å². The third-order valence-corrected chi connectivity index (χ3v) is 3.88. The molecule has 2 aliphatic rings. The predicted octanol–water partition coefficient (Wildman–Crippen LogP) is 2.26. The van der Waals surface area contributed by atoms with Gasteiger partial charge in [-0.25, -0.2) is 4.98 Å². The molecule has 1 aliphatic carbocycles. The molecule has 0 atom stereocenters. The SMILES string of the molecule is CC1(C)C(=O)N(C2CCC2)c2ncccc21. The van der Waals surface area contributed by atoms with Crippen molar-refractivity contribution in [3.63, 3.8) is 0 Å². The number of hydrogen-bond donors (Lipinski definition) is 0. The lowest BCUT2D eigenvalue weighted by Gasteiger charge is -2.35. The fraction of sp³-hybridized carbons (Fsp3) is 0.538. The van der Waals surface area contributed by atoms with E-state index in [0.29, 0.717) is 6.04 Å². The van der Waals surface area contributed by atoms with Crippen molar-refractivity contribution >= 4 is 11.7 Å². The Hall–Kier alpha value is -1.38. The third-order valence-electron chi connectivity index (χ3n) is 3.88. The van der Waals surface area contributed by atoms with Gasteiger partial charge in [-0.3, -0.25) is 9.69 Å². The Labute approximate surface area is 95.5 Å². The number of rotatable bonds is 1. The molecule has 3 rings (SSSR count). The van der Waals surface area contributed by atoms with Gasteiger partial charge in [-0.15, -0.1) is 0 Å². The van der Waals surface area contributed by atoms with Gasteiger partial charge in [0.2, 0.25) is 5.91 Å². The third kappa shape index (κ3) is 1.09. The Balaban J connectivity index is 2.11. The molecule has 0 spiro atoms. The average Bonchev–Trinajstić information content (AvgIpc) is 2.39. The van der Waals surface area contributed by atoms with Gasteiger partial charge in [0.1, 0.15) is 5.82 Å². The highest BCUT2D eigenvalue weighted by Crippen LogP contribution is 2.43. The Morgan fingerprint density at radius 3 is 2.81 bits per heavy atom. The highest BCUT2D eigenvalue weighted by molar-refractivity contribution is 6.07. The molecule has 84 valence electrons. The molecule has 1 aliphatic heterocycles. The van der Waals surface area contributed by atoms with Gasteiger partial charge in [0, 0.05) is 17.8 Å². The lowest BCUT2D eigenvalue weighted by Crippen LogP contribution is -2.46. The van der Waals surface area contributed by atoms with Gasteiger partial charge < -0.3 is 0 Å². The maximum absolute atomic E-state index is 12.4. The lowest BCUT2D eigenvalue weighted by molar-refractivity contribution is -0.122. The molecule has 2 heterocycles. The number of fused-ring (bicyclic) bond motifs is 1. The Kier molecular flexibility index (Phi) is 1.88. The number of aromatic nitrogens is 1. The van der Waals surface area contributed by atoms with E-state index in [1.54, 1.807) is 6.20 Å². The maximum atomic E-state index is 12.4. The number of carbonyl (C=O) groups excluding carboxylic acids is 1. The highest BCUT2D eigenvalue weighted by atomic mass is 16.2. The van der Waals surface area contributed by atoms with Crippen LogP contribution < -0.4 is 4.90 Å². The molecule has 3 heteroatoms. The van der Waals surface area contributed by atoms with Crippen molar-refractivity contribution in [1.29, 1.82) is 0 Å². The van der Waals surface area contributed by atoms with Crippen LogP contribution >= 0.6 is 0 Å². The fourth-order valence-corrected chi connectivity index (χ4v) is 2.57. The Morgan fingerprint density at radius 2 is 2.19 bits per heavy atom. The van der Waals surface area contributed by atoms with Gasteiger partial charge in [0.05, 0.1) is 5.41 Å². The first kappa shape index (κ1) is 9.82. The second kappa shape index (κ2) is 3.06. The number of pyridine rings is 1. The first-order valence-electron chi connectivity index (χ1n) is 5.91. The van der Waals surface area contributed by atoms with E-state index >= 15 is 0 Å². The van der Waals surface area contributed by atoms with Crippen LogP contribution in [0.25, 0.3) is 0 Å². The number of amides is 1. The molecule has 0 unspecified atom stereocenters. The van der Waals surface area contributed by atoms with Crippen LogP contribution in [0.3, 0.4) is 0 Å². The lowest BCUT2D eigenvalue weighted by atomic mass is 9.86. The fourth-order valence-electron chi connectivity index (χ4n) is 2.57. The number of carbonyl (C=O) groups is 1. The molecule has 0 bridgehead atoms. The minimum absolute atomic E-state index is 0.214. The zero-order valence-corrected chi connectivity index (χ0v) is 9.73. The minimum atomic E-state index is -0.404. The van der Waals surface area contributed by atoms with E-state index in [1.807, 2.05) is 30.9 Å². The van der Waals surface area contributed by atoms with Crippen molar-refractivity contribution < 1.29 is 4.79 Å². The van der Waals surface area contributed by atoms with E-state index in [2.05, 4.69) is 4.98 Å². The Bertz CT molecular complexity index is 449. The van der Waals surface area contributed by atoms with E-state index in [9.17, 15) is 4.79 Å². The van der Waals surface area contributed by atoms with Gasteiger partial charge in [-0.05, 0) is 39.2 Å². The second-order valence-electron chi connectivity index (χ2n) is 5.26. The highest BCUT2D eigenvalue weighted by Gasteiger charge is 2.48. The molecular formula is C13H16N2O. The molecule has 1 amide bonds. The molecule has 0 saturated heterocycles. The zero-order chi connectivity index (χ0) is 11.3. The normalized spacial score (nSPS) is 23.1. The molecule has 1 fully saturated rings. The van der Waals surface area contributed by atoms with Crippen LogP contribution in [0.2, 0.25) is 0 Å². The minimum Gasteiger partial charge on any atom is -0.293 e. The summed E-state index contributed by atoms with van der Waals surface area (Å²) in [5.74, 6) is 1.10. The van der Waals surface area contributed by atoms with Gasteiger partial charge in [-0.2, -0.15) is 0 Å². The summed E-state index contributed by atoms with van der Waals surface area (Å²) >= 11 is 0. The topological polar surface area (TPSA) is 33.2 Å². The summed E-state index contributed by atoms with van der Waals surface area (Å²) in [6, 6.07) is 4.33. The van der Waals surface area contributed by atoms with Crippen LogP contribution in [0.5, 0.6) is 0 Å². The van der Waals surface area contributed by atoms with Gasteiger partial charge in [0.15, 0.2) is 0 Å². The molecule has 0 radical (unpaired) electrons. The van der Waals surface area contributed by atoms with Crippen molar-refractivity contribution in [3.8, 4) is 0 Å². The smallest absolute Gasteiger partial charge is 0.238 e. The Morgan fingerprint density at radius 1 is 1.44 bits per heavy atom. The van der Waals surface area contributed by atoms with E-state index < -0.39 is 5.41 Å². The maximum Gasteiger partial charge on any atom is 0.238 e. The molecular weight excluding hydrogens is 200 g/mol. The number of hydrogen-bond acceptors (Lipinski definition) is 2. The van der Waals surface area contributed by atoms with E-state index in [-0.39, 0.29) is 5.91 Å². The molecule has 0 aromatic carbocycles. The van der Waals surface area contributed by atoms with E-state index in [1.165, 1.54) is 6.42 Å². The first-order valence-corrected chi connectivity index (χ1v) is 5.91. The largest absolute Gasteiger partial charge is 0.293 e. The second-order valence-corrected chi connectivity index (χ2v) is 5.26. The molecule has 0 N–H and O–H groups in total. The molecule has 3 nitrogen and oxygen atoms in total. The average molecular weight is 216 g/mol. The van der Waals surface area contributed by atoms with Crippen LogP contribution in [0.1, 0.15) is 38.7 Å².